The number of H-pyrrole nitrogens is 1. The molecule has 0 bridgehead atoms. The molecule has 3 heteroatoms. The summed E-state index contributed by atoms with van der Waals surface area (Å²) in [6.45, 7) is 4.55. The zero-order chi connectivity index (χ0) is 12.5. The summed E-state index contributed by atoms with van der Waals surface area (Å²) in [5, 5.41) is 1.33. The maximum Gasteiger partial charge on any atom is 0.0740 e. The summed E-state index contributed by atoms with van der Waals surface area (Å²) in [4.78, 5) is 3.51. The number of hydrogen-bond acceptors (Lipinski definition) is 2. The molecule has 0 fully saturated rings. The van der Waals surface area contributed by atoms with Crippen molar-refractivity contribution in [3.8, 4) is 0 Å². The Labute approximate surface area is 107 Å². The largest absolute Gasteiger partial charge is 0.376 e. The number of aromatic nitrogens is 1. The van der Waals surface area contributed by atoms with Gasteiger partial charge in [0, 0.05) is 28.6 Å². The molecule has 1 aromatic carbocycles. The van der Waals surface area contributed by atoms with Crippen molar-refractivity contribution in [2.24, 2.45) is 5.73 Å². The average molecular weight is 244 g/mol. The van der Waals surface area contributed by atoms with Gasteiger partial charge in [-0.2, -0.15) is 0 Å². The van der Waals surface area contributed by atoms with Crippen molar-refractivity contribution in [1.29, 1.82) is 0 Å². The topological polar surface area (TPSA) is 51.0 Å². The number of aromatic amines is 1. The number of nitrogens with one attached hydrogen (secondary N) is 1. The summed E-state index contributed by atoms with van der Waals surface area (Å²) >= 11 is 0. The lowest BCUT2D eigenvalue weighted by atomic mass is 9.95. The monoisotopic (exact) mass is 244 g/mol. The van der Waals surface area contributed by atoms with Gasteiger partial charge in [0.05, 0.1) is 13.2 Å². The van der Waals surface area contributed by atoms with Crippen molar-refractivity contribution >= 4 is 10.9 Å². The molecular formula is C15H20N2O. The normalized spacial score (nSPS) is 16.8. The van der Waals surface area contributed by atoms with E-state index in [1.54, 1.807) is 0 Å². The van der Waals surface area contributed by atoms with Crippen molar-refractivity contribution < 1.29 is 4.74 Å². The molecule has 0 saturated heterocycles. The van der Waals surface area contributed by atoms with Crippen LogP contribution in [-0.2, 0) is 17.8 Å². The number of nitrogens with two attached hydrogens (primary N) is 1. The molecule has 3 rings (SSSR count). The summed E-state index contributed by atoms with van der Waals surface area (Å²) < 4.78 is 5.57. The SMILES string of the molecule is CC(CCN)c1ccc2[nH]c3c(c2c1)COCC3. The van der Waals surface area contributed by atoms with Crippen molar-refractivity contribution in [2.75, 3.05) is 13.2 Å². The van der Waals surface area contributed by atoms with Crippen LogP contribution in [-0.4, -0.2) is 18.1 Å². The second-order valence-electron chi connectivity index (χ2n) is 5.17. The predicted octanol–water partition coefficient (Wildman–Crippen LogP) is 2.69. The van der Waals surface area contributed by atoms with Crippen LogP contribution < -0.4 is 5.73 Å². The van der Waals surface area contributed by atoms with Gasteiger partial charge in [-0.25, -0.2) is 0 Å². The molecule has 0 spiro atoms. The van der Waals surface area contributed by atoms with Gasteiger partial charge in [0.1, 0.15) is 0 Å². The van der Waals surface area contributed by atoms with Gasteiger partial charge in [-0.15, -0.1) is 0 Å². The third-order valence-corrected chi connectivity index (χ3v) is 3.93. The highest BCUT2D eigenvalue weighted by atomic mass is 16.5. The van der Waals surface area contributed by atoms with Crippen LogP contribution in [0.3, 0.4) is 0 Å². The van der Waals surface area contributed by atoms with Gasteiger partial charge in [-0.05, 0) is 36.6 Å². The van der Waals surface area contributed by atoms with E-state index in [-0.39, 0.29) is 0 Å². The number of benzene rings is 1. The summed E-state index contributed by atoms with van der Waals surface area (Å²) in [6.07, 6.45) is 2.03. The van der Waals surface area contributed by atoms with Crippen LogP contribution in [0.4, 0.5) is 0 Å². The van der Waals surface area contributed by atoms with Gasteiger partial charge >= 0.3 is 0 Å². The van der Waals surface area contributed by atoms with Crippen LogP contribution in [0.25, 0.3) is 10.9 Å². The van der Waals surface area contributed by atoms with Gasteiger partial charge in [-0.1, -0.05) is 13.0 Å². The standard InChI is InChI=1S/C15H20N2O/c1-10(4-6-16)11-2-3-14-12(8-11)13-9-18-7-5-15(13)17-14/h2-3,8,10,17H,4-7,9,16H2,1H3. The summed E-state index contributed by atoms with van der Waals surface area (Å²) in [6, 6.07) is 6.71. The van der Waals surface area contributed by atoms with Crippen molar-refractivity contribution in [3.05, 3.63) is 35.0 Å². The summed E-state index contributed by atoms with van der Waals surface area (Å²) in [7, 11) is 0. The number of fused-ring (bicyclic) bond motifs is 3. The maximum atomic E-state index is 5.64. The molecule has 96 valence electrons. The second-order valence-corrected chi connectivity index (χ2v) is 5.17. The molecule has 3 nitrogen and oxygen atoms in total. The molecule has 0 amide bonds. The van der Waals surface area contributed by atoms with Crippen LogP contribution in [0.5, 0.6) is 0 Å². The molecular weight excluding hydrogens is 224 g/mol. The molecule has 1 aliphatic heterocycles. The minimum Gasteiger partial charge on any atom is -0.376 e. The lowest BCUT2D eigenvalue weighted by molar-refractivity contribution is 0.111. The third kappa shape index (κ3) is 1.93. The first kappa shape index (κ1) is 11.8. The number of rotatable bonds is 3. The van der Waals surface area contributed by atoms with Crippen LogP contribution in [0, 0.1) is 0 Å². The first-order valence-corrected chi connectivity index (χ1v) is 6.71. The lowest BCUT2D eigenvalue weighted by Gasteiger charge is -2.13. The van der Waals surface area contributed by atoms with Crippen LogP contribution in [0.15, 0.2) is 18.2 Å². The molecule has 18 heavy (non-hydrogen) atoms. The van der Waals surface area contributed by atoms with Gasteiger partial charge in [-0.3, -0.25) is 0 Å². The van der Waals surface area contributed by atoms with E-state index in [1.807, 2.05) is 0 Å². The number of hydrogen-bond donors (Lipinski definition) is 2. The Morgan fingerprint density at radius 3 is 3.17 bits per heavy atom. The maximum absolute atomic E-state index is 5.64. The number of ether oxygens (including phenoxy) is 1. The molecule has 1 unspecified atom stereocenters. The van der Waals surface area contributed by atoms with Gasteiger partial charge in [0.15, 0.2) is 0 Å². The fourth-order valence-corrected chi connectivity index (χ4v) is 2.77. The van der Waals surface area contributed by atoms with Crippen molar-refractivity contribution in [1.82, 2.24) is 4.98 Å². The highest BCUT2D eigenvalue weighted by molar-refractivity contribution is 5.85. The van der Waals surface area contributed by atoms with E-state index in [4.69, 9.17) is 10.5 Å². The molecule has 1 aliphatic rings. The molecule has 0 aliphatic carbocycles. The summed E-state index contributed by atoms with van der Waals surface area (Å²) in [5.74, 6) is 0.523. The predicted molar refractivity (Wildman–Crippen MR) is 73.7 cm³/mol. The second kappa shape index (κ2) is 4.75. The highest BCUT2D eigenvalue weighted by Crippen LogP contribution is 2.30. The van der Waals surface area contributed by atoms with E-state index >= 15 is 0 Å². The van der Waals surface area contributed by atoms with Crippen LogP contribution in [0.1, 0.15) is 36.1 Å². The van der Waals surface area contributed by atoms with Crippen molar-refractivity contribution in [2.45, 2.75) is 32.3 Å². The van der Waals surface area contributed by atoms with Crippen LogP contribution >= 0.6 is 0 Å². The Morgan fingerprint density at radius 2 is 2.33 bits per heavy atom. The Morgan fingerprint density at radius 1 is 1.44 bits per heavy atom. The minimum atomic E-state index is 0.523. The van der Waals surface area contributed by atoms with E-state index in [1.165, 1.54) is 27.7 Å². The van der Waals surface area contributed by atoms with E-state index in [9.17, 15) is 0 Å². The third-order valence-electron chi connectivity index (χ3n) is 3.93. The average Bonchev–Trinajstić information content (AvgIpc) is 2.76. The fourth-order valence-electron chi connectivity index (χ4n) is 2.77. The molecule has 2 heterocycles. The van der Waals surface area contributed by atoms with Gasteiger partial charge in [0.25, 0.3) is 0 Å². The minimum absolute atomic E-state index is 0.523. The molecule has 2 aromatic rings. The van der Waals surface area contributed by atoms with Gasteiger partial charge in [0.2, 0.25) is 0 Å². The smallest absolute Gasteiger partial charge is 0.0740 e. The molecule has 0 radical (unpaired) electrons. The van der Waals surface area contributed by atoms with Crippen molar-refractivity contribution in [3.63, 3.8) is 0 Å². The van der Waals surface area contributed by atoms with E-state index < -0.39 is 0 Å². The fraction of sp³-hybridized carbons (Fsp3) is 0.467. The first-order valence-electron chi connectivity index (χ1n) is 6.71. The molecule has 1 aromatic heterocycles. The Kier molecular flexibility index (Phi) is 3.10. The van der Waals surface area contributed by atoms with E-state index in [0.29, 0.717) is 5.92 Å². The Hall–Kier alpha value is -1.32. The van der Waals surface area contributed by atoms with E-state index in [0.717, 1.165) is 32.6 Å². The Balaban J connectivity index is 2.05. The molecule has 3 N–H and O–H groups in total. The molecule has 1 atom stereocenters. The molecule has 0 saturated carbocycles. The zero-order valence-electron chi connectivity index (χ0n) is 10.8. The first-order chi connectivity index (χ1) is 8.79. The van der Waals surface area contributed by atoms with E-state index in [2.05, 4.69) is 30.1 Å². The quantitative estimate of drug-likeness (QED) is 0.872. The zero-order valence-corrected chi connectivity index (χ0v) is 10.8. The Bertz CT molecular complexity index is 559. The highest BCUT2D eigenvalue weighted by Gasteiger charge is 2.16. The summed E-state index contributed by atoms with van der Waals surface area (Å²) in [5.41, 5.74) is 10.9. The lowest BCUT2D eigenvalue weighted by Crippen LogP contribution is -2.08. The van der Waals surface area contributed by atoms with Crippen LogP contribution in [0.2, 0.25) is 0 Å². The van der Waals surface area contributed by atoms with Gasteiger partial charge < -0.3 is 15.5 Å².